The molecule has 4 nitrogen and oxygen atoms in total. The van der Waals surface area contributed by atoms with Crippen LogP contribution in [0.3, 0.4) is 0 Å². The lowest BCUT2D eigenvalue weighted by molar-refractivity contribution is -0.128. The monoisotopic (exact) mass is 292 g/mol. The number of carbonyl (C=O) groups is 2. The van der Waals surface area contributed by atoms with Crippen molar-refractivity contribution in [1.82, 2.24) is 10.6 Å². The summed E-state index contributed by atoms with van der Waals surface area (Å²) in [5, 5.41) is 5.47. The topological polar surface area (TPSA) is 58.2 Å². The summed E-state index contributed by atoms with van der Waals surface area (Å²) in [5.74, 6) is -0.145. The van der Waals surface area contributed by atoms with Gasteiger partial charge in [0.25, 0.3) is 0 Å². The van der Waals surface area contributed by atoms with Crippen LogP contribution >= 0.6 is 11.8 Å². The highest BCUT2D eigenvalue weighted by Gasteiger charge is 2.24. The van der Waals surface area contributed by atoms with Crippen LogP contribution in [-0.4, -0.2) is 29.7 Å². The smallest absolute Gasteiger partial charge is 0.242 e. The Bertz CT molecular complexity index is 464. The summed E-state index contributed by atoms with van der Waals surface area (Å²) in [5.41, 5.74) is 0. The lowest BCUT2D eigenvalue weighted by Gasteiger charge is -2.18. The fourth-order valence-corrected chi connectivity index (χ4v) is 3.02. The first-order valence-electron chi connectivity index (χ1n) is 6.96. The SMILES string of the molecule is C[C@@H](Sc1ccccc1)C(=O)N[C@H]1CCCCNC1=O. The Kier molecular flexibility index (Phi) is 5.47. The third-order valence-corrected chi connectivity index (χ3v) is 4.39. The lowest BCUT2D eigenvalue weighted by atomic mass is 10.1. The Labute approximate surface area is 123 Å². The Hall–Kier alpha value is -1.49. The number of hydrogen-bond acceptors (Lipinski definition) is 3. The second-order valence-electron chi connectivity index (χ2n) is 4.92. The van der Waals surface area contributed by atoms with E-state index in [0.29, 0.717) is 6.54 Å². The molecule has 0 saturated carbocycles. The number of benzene rings is 1. The minimum atomic E-state index is -0.385. The van der Waals surface area contributed by atoms with Crippen molar-refractivity contribution in [2.24, 2.45) is 0 Å². The number of hydrogen-bond donors (Lipinski definition) is 2. The number of thioether (sulfide) groups is 1. The fourth-order valence-electron chi connectivity index (χ4n) is 2.12. The van der Waals surface area contributed by atoms with Crippen molar-refractivity contribution >= 4 is 23.6 Å². The summed E-state index contributed by atoms with van der Waals surface area (Å²) in [6.45, 7) is 2.57. The lowest BCUT2D eigenvalue weighted by Crippen LogP contribution is -2.47. The maximum Gasteiger partial charge on any atom is 0.242 e. The number of amides is 2. The van der Waals surface area contributed by atoms with Gasteiger partial charge in [-0.05, 0) is 38.3 Å². The molecular formula is C15H20N2O2S. The fraction of sp³-hybridized carbons (Fsp3) is 0.467. The van der Waals surface area contributed by atoms with E-state index in [2.05, 4.69) is 10.6 Å². The summed E-state index contributed by atoms with van der Waals surface area (Å²) in [6.07, 6.45) is 2.66. The maximum absolute atomic E-state index is 12.2. The van der Waals surface area contributed by atoms with Gasteiger partial charge in [0.05, 0.1) is 5.25 Å². The van der Waals surface area contributed by atoms with Crippen molar-refractivity contribution in [3.63, 3.8) is 0 Å². The molecule has 0 bridgehead atoms. The van der Waals surface area contributed by atoms with Crippen molar-refractivity contribution in [1.29, 1.82) is 0 Å². The largest absolute Gasteiger partial charge is 0.354 e. The molecule has 2 N–H and O–H groups in total. The summed E-state index contributed by atoms with van der Waals surface area (Å²) < 4.78 is 0. The van der Waals surface area contributed by atoms with Gasteiger partial charge in [-0.1, -0.05) is 18.2 Å². The van der Waals surface area contributed by atoms with E-state index in [-0.39, 0.29) is 23.1 Å². The average molecular weight is 292 g/mol. The van der Waals surface area contributed by atoms with Crippen LogP contribution in [0, 0.1) is 0 Å². The molecule has 1 saturated heterocycles. The van der Waals surface area contributed by atoms with Crippen molar-refractivity contribution in [3.05, 3.63) is 30.3 Å². The molecule has 1 fully saturated rings. The quantitative estimate of drug-likeness (QED) is 0.834. The highest BCUT2D eigenvalue weighted by molar-refractivity contribution is 8.00. The van der Waals surface area contributed by atoms with Crippen molar-refractivity contribution in [2.75, 3.05) is 6.54 Å². The first-order valence-corrected chi connectivity index (χ1v) is 7.84. The molecule has 2 rings (SSSR count). The van der Waals surface area contributed by atoms with E-state index in [0.717, 1.165) is 24.2 Å². The van der Waals surface area contributed by atoms with E-state index < -0.39 is 0 Å². The van der Waals surface area contributed by atoms with Gasteiger partial charge in [0, 0.05) is 11.4 Å². The van der Waals surface area contributed by atoms with Gasteiger partial charge in [-0.25, -0.2) is 0 Å². The van der Waals surface area contributed by atoms with Crippen molar-refractivity contribution < 1.29 is 9.59 Å². The summed E-state index contributed by atoms with van der Waals surface area (Å²) in [7, 11) is 0. The zero-order chi connectivity index (χ0) is 14.4. The molecule has 0 aromatic heterocycles. The molecule has 0 spiro atoms. The minimum absolute atomic E-state index is 0.0623. The van der Waals surface area contributed by atoms with E-state index in [4.69, 9.17) is 0 Å². The molecule has 1 heterocycles. The van der Waals surface area contributed by atoms with E-state index in [1.54, 1.807) is 0 Å². The highest BCUT2D eigenvalue weighted by atomic mass is 32.2. The van der Waals surface area contributed by atoms with Gasteiger partial charge in [-0.2, -0.15) is 0 Å². The summed E-state index contributed by atoms with van der Waals surface area (Å²) in [4.78, 5) is 25.0. The van der Waals surface area contributed by atoms with Crippen molar-refractivity contribution in [2.45, 2.75) is 42.4 Å². The highest BCUT2D eigenvalue weighted by Crippen LogP contribution is 2.22. The average Bonchev–Trinajstić information content (AvgIpc) is 2.65. The normalized spacial score (nSPS) is 20.6. The molecule has 20 heavy (non-hydrogen) atoms. The molecule has 1 aromatic carbocycles. The summed E-state index contributed by atoms with van der Waals surface area (Å²) >= 11 is 1.50. The molecule has 0 aliphatic carbocycles. The number of carbonyl (C=O) groups excluding carboxylic acids is 2. The molecule has 1 aliphatic rings. The van der Waals surface area contributed by atoms with Gasteiger partial charge >= 0.3 is 0 Å². The zero-order valence-electron chi connectivity index (χ0n) is 11.6. The molecule has 1 aromatic rings. The molecule has 0 radical (unpaired) electrons. The first kappa shape index (κ1) is 14.9. The van der Waals surface area contributed by atoms with Crippen LogP contribution in [0.4, 0.5) is 0 Å². The molecule has 5 heteroatoms. The molecule has 2 amide bonds. The third-order valence-electron chi connectivity index (χ3n) is 3.28. The van der Waals surface area contributed by atoms with Crippen LogP contribution in [0.2, 0.25) is 0 Å². The second-order valence-corrected chi connectivity index (χ2v) is 6.34. The Morgan fingerprint density at radius 3 is 2.85 bits per heavy atom. The van der Waals surface area contributed by atoms with Gasteiger partial charge in [-0.15, -0.1) is 11.8 Å². The second kappa shape index (κ2) is 7.33. The van der Waals surface area contributed by atoms with Gasteiger partial charge in [0.15, 0.2) is 0 Å². The van der Waals surface area contributed by atoms with Crippen LogP contribution in [0.15, 0.2) is 35.2 Å². The first-order chi connectivity index (χ1) is 9.66. The van der Waals surface area contributed by atoms with Gasteiger partial charge < -0.3 is 10.6 Å². The minimum Gasteiger partial charge on any atom is -0.354 e. The standard InChI is InChI=1S/C15H20N2O2S/c1-11(20-12-7-3-2-4-8-12)14(18)17-13-9-5-6-10-16-15(13)19/h2-4,7-8,11,13H,5-6,9-10H2,1H3,(H,16,19)(H,17,18)/t11-,13+/m1/s1. The van der Waals surface area contributed by atoms with Crippen LogP contribution in [-0.2, 0) is 9.59 Å². The van der Waals surface area contributed by atoms with Gasteiger partial charge in [0.2, 0.25) is 11.8 Å². The molecule has 1 aliphatic heterocycles. The number of nitrogens with one attached hydrogen (secondary N) is 2. The zero-order valence-corrected chi connectivity index (χ0v) is 12.4. The predicted octanol–water partition coefficient (Wildman–Crippen LogP) is 1.95. The van der Waals surface area contributed by atoms with Crippen LogP contribution < -0.4 is 10.6 Å². The number of rotatable bonds is 4. The van der Waals surface area contributed by atoms with E-state index in [1.807, 2.05) is 37.3 Å². The Morgan fingerprint density at radius 2 is 2.10 bits per heavy atom. The van der Waals surface area contributed by atoms with Gasteiger partial charge in [0.1, 0.15) is 6.04 Å². The van der Waals surface area contributed by atoms with Crippen molar-refractivity contribution in [3.8, 4) is 0 Å². The van der Waals surface area contributed by atoms with E-state index in [9.17, 15) is 9.59 Å². The van der Waals surface area contributed by atoms with Crippen LogP contribution in [0.1, 0.15) is 26.2 Å². The van der Waals surface area contributed by atoms with E-state index in [1.165, 1.54) is 11.8 Å². The van der Waals surface area contributed by atoms with Crippen LogP contribution in [0.25, 0.3) is 0 Å². The third kappa shape index (κ3) is 4.27. The Morgan fingerprint density at radius 1 is 1.35 bits per heavy atom. The molecule has 2 atom stereocenters. The Balaban J connectivity index is 1.88. The molecule has 0 unspecified atom stereocenters. The summed E-state index contributed by atoms with van der Waals surface area (Å²) in [6, 6.07) is 9.42. The van der Waals surface area contributed by atoms with E-state index >= 15 is 0 Å². The van der Waals surface area contributed by atoms with Gasteiger partial charge in [-0.3, -0.25) is 9.59 Å². The maximum atomic E-state index is 12.2. The predicted molar refractivity (Wildman–Crippen MR) is 80.6 cm³/mol. The molecular weight excluding hydrogens is 272 g/mol. The van der Waals surface area contributed by atoms with Crippen LogP contribution in [0.5, 0.6) is 0 Å². The molecule has 108 valence electrons.